The van der Waals surface area contributed by atoms with Crippen LogP contribution in [0.15, 0.2) is 41.7 Å². The van der Waals surface area contributed by atoms with Crippen LogP contribution < -0.4 is 5.73 Å². The smallest absolute Gasteiger partial charge is 0.244 e. The van der Waals surface area contributed by atoms with Crippen molar-refractivity contribution in [3.05, 3.63) is 47.3 Å². The molecule has 31 heavy (non-hydrogen) atoms. The van der Waals surface area contributed by atoms with Crippen molar-refractivity contribution in [2.75, 3.05) is 0 Å². The van der Waals surface area contributed by atoms with Crippen molar-refractivity contribution in [1.82, 2.24) is 4.98 Å². The zero-order chi connectivity index (χ0) is 22.2. The highest BCUT2D eigenvalue weighted by atomic mass is 16.3. The molecule has 1 heterocycles. The van der Waals surface area contributed by atoms with Gasteiger partial charge in [0.25, 0.3) is 0 Å². The first-order chi connectivity index (χ1) is 14.6. The number of amides is 1. The van der Waals surface area contributed by atoms with E-state index in [1.165, 1.54) is 11.1 Å². The minimum atomic E-state index is -0.354. The van der Waals surface area contributed by atoms with Crippen LogP contribution in [0.2, 0.25) is 0 Å². The number of carbonyl (C=O) groups excluding carboxylic acids is 1. The van der Waals surface area contributed by atoms with E-state index >= 15 is 0 Å². The summed E-state index contributed by atoms with van der Waals surface area (Å²) < 4.78 is 0. The second-order valence-corrected chi connectivity index (χ2v) is 11.5. The minimum absolute atomic E-state index is 0.0466. The number of aliphatic hydroxyl groups excluding tert-OH is 1. The van der Waals surface area contributed by atoms with Gasteiger partial charge in [0.15, 0.2) is 0 Å². The number of hydrogen-bond acceptors (Lipinski definition) is 3. The average Bonchev–Trinajstić information content (AvgIpc) is 3.01. The molecular formula is C27H36N2O2. The zero-order valence-corrected chi connectivity index (χ0v) is 19.4. The van der Waals surface area contributed by atoms with Gasteiger partial charge in [0, 0.05) is 18.0 Å². The second kappa shape index (κ2) is 6.54. The average molecular weight is 421 g/mol. The maximum atomic E-state index is 12.7. The summed E-state index contributed by atoms with van der Waals surface area (Å²) in [4.78, 5) is 17.1. The molecule has 166 valence electrons. The van der Waals surface area contributed by atoms with Gasteiger partial charge >= 0.3 is 0 Å². The summed E-state index contributed by atoms with van der Waals surface area (Å²) in [7, 11) is 0. The highest BCUT2D eigenvalue weighted by Crippen LogP contribution is 2.76. The minimum Gasteiger partial charge on any atom is -0.393 e. The Hall–Kier alpha value is -1.94. The van der Waals surface area contributed by atoms with Crippen LogP contribution >= 0.6 is 0 Å². The Morgan fingerprint density at radius 3 is 2.55 bits per heavy atom. The molecule has 4 aliphatic carbocycles. The Morgan fingerprint density at radius 1 is 1.10 bits per heavy atom. The van der Waals surface area contributed by atoms with Crippen LogP contribution in [-0.2, 0) is 4.79 Å². The molecule has 0 aliphatic heterocycles. The van der Waals surface area contributed by atoms with Crippen molar-refractivity contribution >= 4 is 11.5 Å². The Balaban J connectivity index is 1.64. The molecule has 4 heteroatoms. The van der Waals surface area contributed by atoms with Gasteiger partial charge in [0.1, 0.15) is 0 Å². The molecule has 0 aromatic carbocycles. The predicted molar refractivity (Wildman–Crippen MR) is 123 cm³/mol. The van der Waals surface area contributed by atoms with Crippen LogP contribution in [0, 0.1) is 27.6 Å². The van der Waals surface area contributed by atoms with Crippen molar-refractivity contribution in [1.29, 1.82) is 0 Å². The topological polar surface area (TPSA) is 76.2 Å². The first-order valence-electron chi connectivity index (χ1n) is 11.9. The lowest BCUT2D eigenvalue weighted by molar-refractivity contribution is -0.145. The summed E-state index contributed by atoms with van der Waals surface area (Å²) in [5.74, 6) is 0.0855. The molecule has 1 aromatic rings. The number of allylic oxidation sites excluding steroid dienone is 2. The van der Waals surface area contributed by atoms with Gasteiger partial charge in [-0.3, -0.25) is 9.78 Å². The maximum Gasteiger partial charge on any atom is 0.244 e. The number of carbonyl (C=O) groups is 1. The van der Waals surface area contributed by atoms with Crippen molar-refractivity contribution in [3.8, 4) is 0 Å². The Bertz CT molecular complexity index is 998. The van der Waals surface area contributed by atoms with E-state index in [9.17, 15) is 9.90 Å². The number of rotatable bonds is 2. The fraction of sp³-hybridized carbons (Fsp3) is 0.630. The Kier molecular flexibility index (Phi) is 4.42. The summed E-state index contributed by atoms with van der Waals surface area (Å²) in [6.45, 7) is 9.73. The number of aromatic nitrogens is 1. The number of primary amides is 1. The highest BCUT2D eigenvalue weighted by molar-refractivity contribution is 5.93. The monoisotopic (exact) mass is 420 g/mol. The summed E-state index contributed by atoms with van der Waals surface area (Å²) in [5, 5.41) is 10.4. The number of fused-ring (bicyclic) bond motifs is 5. The third-order valence-electron chi connectivity index (χ3n) is 10.7. The third-order valence-corrected chi connectivity index (χ3v) is 10.7. The highest BCUT2D eigenvalue weighted by Gasteiger charge is 2.68. The number of aliphatic hydroxyl groups is 1. The molecule has 1 aromatic heterocycles. The number of pyridine rings is 1. The van der Waals surface area contributed by atoms with Gasteiger partial charge < -0.3 is 10.8 Å². The lowest BCUT2D eigenvalue weighted by Gasteiger charge is -2.68. The predicted octanol–water partition coefficient (Wildman–Crippen LogP) is 5.03. The van der Waals surface area contributed by atoms with Crippen LogP contribution in [0.3, 0.4) is 0 Å². The SMILES string of the molecule is C[C@]12CC[C@H](O)CC1=C(C(N)=O)C[C@@H]1[C@]2(C)CC[C@]2(C)C(c3cccnc3)=CC[C@@]12C. The molecule has 2 fully saturated rings. The molecule has 0 unspecified atom stereocenters. The summed E-state index contributed by atoms with van der Waals surface area (Å²) in [6.07, 6.45) is 12.3. The normalized spacial score (nSPS) is 44.2. The lowest BCUT2D eigenvalue weighted by atomic mass is 9.36. The van der Waals surface area contributed by atoms with Crippen LogP contribution in [0.25, 0.3) is 5.57 Å². The van der Waals surface area contributed by atoms with E-state index in [1.807, 2.05) is 18.5 Å². The molecule has 0 bridgehead atoms. The Morgan fingerprint density at radius 2 is 1.87 bits per heavy atom. The van der Waals surface area contributed by atoms with E-state index in [0.717, 1.165) is 49.7 Å². The maximum absolute atomic E-state index is 12.7. The molecule has 2 saturated carbocycles. The van der Waals surface area contributed by atoms with Crippen LogP contribution in [0.4, 0.5) is 0 Å². The number of nitrogens with two attached hydrogens (primary N) is 1. The van der Waals surface area contributed by atoms with E-state index in [0.29, 0.717) is 12.3 Å². The molecule has 4 nitrogen and oxygen atoms in total. The molecule has 0 saturated heterocycles. The molecule has 0 radical (unpaired) electrons. The van der Waals surface area contributed by atoms with Gasteiger partial charge in [-0.15, -0.1) is 0 Å². The van der Waals surface area contributed by atoms with Crippen LogP contribution in [-0.4, -0.2) is 22.1 Å². The van der Waals surface area contributed by atoms with Gasteiger partial charge in [-0.1, -0.05) is 45.4 Å². The molecule has 3 N–H and O–H groups in total. The van der Waals surface area contributed by atoms with Gasteiger partial charge in [-0.2, -0.15) is 0 Å². The largest absolute Gasteiger partial charge is 0.393 e. The fourth-order valence-electron chi connectivity index (χ4n) is 8.31. The van der Waals surface area contributed by atoms with Crippen molar-refractivity contribution in [2.45, 2.75) is 78.7 Å². The third kappa shape index (κ3) is 2.51. The molecule has 6 atom stereocenters. The number of hydrogen-bond donors (Lipinski definition) is 2. The lowest BCUT2D eigenvalue weighted by Crippen LogP contribution is -2.61. The van der Waals surface area contributed by atoms with Gasteiger partial charge in [-0.05, 0) is 89.7 Å². The molecular weight excluding hydrogens is 384 g/mol. The van der Waals surface area contributed by atoms with Gasteiger partial charge in [0.05, 0.1) is 6.10 Å². The van der Waals surface area contributed by atoms with E-state index in [-0.39, 0.29) is 33.7 Å². The van der Waals surface area contributed by atoms with Crippen molar-refractivity contribution < 1.29 is 9.90 Å². The van der Waals surface area contributed by atoms with Gasteiger partial charge in [0.2, 0.25) is 5.91 Å². The van der Waals surface area contributed by atoms with Crippen LogP contribution in [0.1, 0.15) is 78.2 Å². The summed E-state index contributed by atoms with van der Waals surface area (Å²) in [5.41, 5.74) is 10.7. The summed E-state index contributed by atoms with van der Waals surface area (Å²) in [6, 6.07) is 4.21. The van der Waals surface area contributed by atoms with Crippen LogP contribution in [0.5, 0.6) is 0 Å². The van der Waals surface area contributed by atoms with E-state index in [2.05, 4.69) is 44.8 Å². The van der Waals surface area contributed by atoms with Crippen molar-refractivity contribution in [3.63, 3.8) is 0 Å². The van der Waals surface area contributed by atoms with Crippen molar-refractivity contribution in [2.24, 2.45) is 33.3 Å². The second-order valence-electron chi connectivity index (χ2n) is 11.5. The van der Waals surface area contributed by atoms with Gasteiger partial charge in [-0.25, -0.2) is 0 Å². The Labute approximate surface area is 186 Å². The van der Waals surface area contributed by atoms with E-state index in [1.54, 1.807) is 0 Å². The van der Waals surface area contributed by atoms with E-state index in [4.69, 9.17) is 5.73 Å². The van der Waals surface area contributed by atoms with E-state index < -0.39 is 0 Å². The standard InChI is InChI=1S/C27H36N2O2/c1-24-9-7-18(30)14-21(24)19(23(28)31)15-22-26(3)10-8-20(17-6-5-13-29-16-17)25(26,2)11-12-27(22,24)4/h5-6,8,13,16,18,22,30H,7,9-12,14-15H2,1-4H3,(H2,28,31)/t18-,22-,24-,25+,26-,27-/m0/s1. The molecule has 0 spiro atoms. The fourth-order valence-corrected chi connectivity index (χ4v) is 8.31. The summed E-state index contributed by atoms with van der Waals surface area (Å²) >= 11 is 0. The zero-order valence-electron chi connectivity index (χ0n) is 19.4. The molecule has 1 amide bonds. The molecule has 4 aliphatic rings. The first kappa shape index (κ1) is 20.9. The molecule has 5 rings (SSSR count). The first-order valence-corrected chi connectivity index (χ1v) is 11.9. The quantitative estimate of drug-likeness (QED) is 0.704. The number of nitrogens with zero attached hydrogens (tertiary/aromatic N) is 1.